The van der Waals surface area contributed by atoms with Gasteiger partial charge in [0.25, 0.3) is 0 Å². The van der Waals surface area contributed by atoms with Crippen molar-refractivity contribution in [2.24, 2.45) is 5.73 Å². The lowest BCUT2D eigenvalue weighted by Gasteiger charge is -2.44. The molecule has 0 saturated carbocycles. The van der Waals surface area contributed by atoms with E-state index in [1.54, 1.807) is 0 Å². The van der Waals surface area contributed by atoms with Crippen LogP contribution >= 0.6 is 11.3 Å². The number of likely N-dealkylation sites (tertiary alicyclic amines) is 1. The largest absolute Gasteiger partial charge is 0.377 e. The maximum atomic E-state index is 6.44. The van der Waals surface area contributed by atoms with E-state index >= 15 is 0 Å². The van der Waals surface area contributed by atoms with E-state index in [1.165, 1.54) is 16.2 Å². The highest BCUT2D eigenvalue weighted by molar-refractivity contribution is 7.12. The van der Waals surface area contributed by atoms with Gasteiger partial charge in [0, 0.05) is 29.5 Å². The fourth-order valence-electron chi connectivity index (χ4n) is 3.15. The monoisotopic (exact) mass is 296 g/mol. The predicted molar refractivity (Wildman–Crippen MR) is 86.3 cm³/mol. The Kier molecular flexibility index (Phi) is 5.24. The van der Waals surface area contributed by atoms with Crippen LogP contribution < -0.4 is 5.73 Å². The van der Waals surface area contributed by atoms with Crippen LogP contribution in [0.3, 0.4) is 0 Å². The van der Waals surface area contributed by atoms with Gasteiger partial charge < -0.3 is 10.5 Å². The molecule has 3 atom stereocenters. The number of hydrogen-bond acceptors (Lipinski definition) is 4. The highest BCUT2D eigenvalue weighted by atomic mass is 32.1. The van der Waals surface area contributed by atoms with E-state index in [0.717, 1.165) is 25.9 Å². The van der Waals surface area contributed by atoms with Crippen LogP contribution in [0.15, 0.2) is 12.1 Å². The van der Waals surface area contributed by atoms with Gasteiger partial charge in [0.1, 0.15) is 0 Å². The molecule has 1 fully saturated rings. The zero-order valence-electron chi connectivity index (χ0n) is 13.2. The van der Waals surface area contributed by atoms with Gasteiger partial charge in [-0.2, -0.15) is 0 Å². The van der Waals surface area contributed by atoms with Crippen LogP contribution in [0.5, 0.6) is 0 Å². The first kappa shape index (κ1) is 16.0. The summed E-state index contributed by atoms with van der Waals surface area (Å²) in [6.07, 6.45) is 3.32. The summed E-state index contributed by atoms with van der Waals surface area (Å²) in [6, 6.07) is 4.97. The second-order valence-corrected chi connectivity index (χ2v) is 7.51. The predicted octanol–water partition coefficient (Wildman–Crippen LogP) is 3.34. The molecule has 0 amide bonds. The third kappa shape index (κ3) is 3.42. The van der Waals surface area contributed by atoms with Gasteiger partial charge >= 0.3 is 0 Å². The molecule has 3 nitrogen and oxygen atoms in total. The number of nitrogens with zero attached hydrogens (tertiary/aromatic N) is 1. The Morgan fingerprint density at radius 3 is 2.80 bits per heavy atom. The first-order chi connectivity index (χ1) is 9.49. The number of nitrogens with two attached hydrogens (primary N) is 1. The van der Waals surface area contributed by atoms with Gasteiger partial charge in [0.2, 0.25) is 0 Å². The zero-order valence-corrected chi connectivity index (χ0v) is 14.0. The first-order valence-electron chi connectivity index (χ1n) is 7.60. The lowest BCUT2D eigenvalue weighted by Crippen LogP contribution is -2.51. The summed E-state index contributed by atoms with van der Waals surface area (Å²) in [5.74, 6) is 0. The van der Waals surface area contributed by atoms with E-state index in [4.69, 9.17) is 10.5 Å². The van der Waals surface area contributed by atoms with Crippen LogP contribution in [0.1, 0.15) is 48.9 Å². The number of ether oxygens (including phenoxy) is 1. The van der Waals surface area contributed by atoms with Gasteiger partial charge in [-0.05, 0) is 51.8 Å². The van der Waals surface area contributed by atoms with Crippen molar-refractivity contribution < 1.29 is 4.74 Å². The minimum atomic E-state index is -0.0315. The number of piperidine rings is 1. The Labute approximate surface area is 127 Å². The lowest BCUT2D eigenvalue weighted by molar-refractivity contribution is -0.0640. The van der Waals surface area contributed by atoms with Crippen LogP contribution in [0.25, 0.3) is 0 Å². The third-order valence-corrected chi connectivity index (χ3v) is 5.58. The van der Waals surface area contributed by atoms with Crippen molar-refractivity contribution in [2.75, 3.05) is 20.2 Å². The van der Waals surface area contributed by atoms with Crippen molar-refractivity contribution in [3.8, 4) is 0 Å². The van der Waals surface area contributed by atoms with Gasteiger partial charge in [-0.15, -0.1) is 11.3 Å². The minimum absolute atomic E-state index is 0.0315. The van der Waals surface area contributed by atoms with Gasteiger partial charge in [-0.3, -0.25) is 4.90 Å². The summed E-state index contributed by atoms with van der Waals surface area (Å²) in [5, 5.41) is 0. The molecule has 0 aliphatic carbocycles. The maximum absolute atomic E-state index is 6.44. The average molecular weight is 296 g/mol. The van der Waals surface area contributed by atoms with Crippen LogP contribution in [-0.4, -0.2) is 36.7 Å². The van der Waals surface area contributed by atoms with E-state index < -0.39 is 0 Å². The van der Waals surface area contributed by atoms with Crippen LogP contribution in [0.4, 0.5) is 0 Å². The molecule has 1 aromatic rings. The molecule has 0 aromatic carbocycles. The van der Waals surface area contributed by atoms with E-state index in [1.807, 2.05) is 18.4 Å². The molecule has 1 aliphatic rings. The van der Waals surface area contributed by atoms with E-state index in [0.29, 0.717) is 6.04 Å². The van der Waals surface area contributed by atoms with Gasteiger partial charge in [0.05, 0.1) is 11.6 Å². The Morgan fingerprint density at radius 2 is 2.25 bits per heavy atom. The first-order valence-corrected chi connectivity index (χ1v) is 8.42. The fourth-order valence-corrected chi connectivity index (χ4v) is 4.23. The van der Waals surface area contributed by atoms with Crippen LogP contribution in [0.2, 0.25) is 0 Å². The Hall–Kier alpha value is -0.420. The third-order valence-electron chi connectivity index (χ3n) is 4.50. The molecule has 4 heteroatoms. The molecule has 1 aromatic heterocycles. The average Bonchev–Trinajstić information content (AvgIpc) is 2.85. The smallest absolute Gasteiger partial charge is 0.0777 e. The highest BCUT2D eigenvalue weighted by Crippen LogP contribution is 2.35. The molecule has 0 bridgehead atoms. The molecule has 2 N–H and O–H groups in total. The molecule has 0 spiro atoms. The topological polar surface area (TPSA) is 38.5 Å². The number of rotatable bonds is 5. The zero-order chi connectivity index (χ0) is 14.8. The summed E-state index contributed by atoms with van der Waals surface area (Å²) in [5.41, 5.74) is 6.41. The number of thiophene rings is 1. The fraction of sp³-hybridized carbons (Fsp3) is 0.750. The summed E-state index contributed by atoms with van der Waals surface area (Å²) >= 11 is 1.88. The van der Waals surface area contributed by atoms with Crippen molar-refractivity contribution in [3.05, 3.63) is 21.9 Å². The van der Waals surface area contributed by atoms with Gasteiger partial charge in [-0.1, -0.05) is 6.92 Å². The van der Waals surface area contributed by atoms with Crippen molar-refractivity contribution >= 4 is 11.3 Å². The van der Waals surface area contributed by atoms with Gasteiger partial charge in [-0.25, -0.2) is 0 Å². The molecule has 2 rings (SSSR count). The summed E-state index contributed by atoms with van der Waals surface area (Å²) in [7, 11) is 1.83. The van der Waals surface area contributed by atoms with E-state index in [9.17, 15) is 0 Å². The van der Waals surface area contributed by atoms with Crippen molar-refractivity contribution in [2.45, 2.75) is 57.7 Å². The molecule has 2 heterocycles. The minimum Gasteiger partial charge on any atom is -0.377 e. The van der Waals surface area contributed by atoms with Crippen molar-refractivity contribution in [3.63, 3.8) is 0 Å². The Balaban J connectivity index is 2.23. The van der Waals surface area contributed by atoms with Crippen molar-refractivity contribution in [1.29, 1.82) is 0 Å². The standard InChI is InChI=1S/C16H28N2OS/c1-5-13(17)15(14-8-7-12(2)20-14)18-10-6-9-16(3,11-18)19-4/h7-8,13,15H,5-6,9-11,17H2,1-4H3. The molecule has 3 unspecified atom stereocenters. The molecule has 20 heavy (non-hydrogen) atoms. The summed E-state index contributed by atoms with van der Waals surface area (Å²) in [4.78, 5) is 5.30. The Morgan fingerprint density at radius 1 is 1.50 bits per heavy atom. The molecule has 0 radical (unpaired) electrons. The summed E-state index contributed by atoms with van der Waals surface area (Å²) in [6.45, 7) is 8.65. The Bertz CT molecular complexity index is 434. The quantitative estimate of drug-likeness (QED) is 0.905. The maximum Gasteiger partial charge on any atom is 0.0777 e. The summed E-state index contributed by atoms with van der Waals surface area (Å²) < 4.78 is 5.73. The normalized spacial score (nSPS) is 27.4. The molecule has 1 aliphatic heterocycles. The second kappa shape index (κ2) is 6.56. The van der Waals surface area contributed by atoms with Gasteiger partial charge in [0.15, 0.2) is 0 Å². The van der Waals surface area contributed by atoms with Crippen LogP contribution in [0, 0.1) is 6.92 Å². The highest BCUT2D eigenvalue weighted by Gasteiger charge is 2.36. The van der Waals surface area contributed by atoms with E-state index in [2.05, 4.69) is 37.8 Å². The number of methoxy groups -OCH3 is 1. The van der Waals surface area contributed by atoms with Crippen molar-refractivity contribution in [1.82, 2.24) is 4.90 Å². The SMILES string of the molecule is CCC(N)C(c1ccc(C)s1)N1CCCC(C)(OC)C1. The molecule has 1 saturated heterocycles. The number of aryl methyl sites for hydroxylation is 1. The second-order valence-electron chi connectivity index (χ2n) is 6.19. The lowest BCUT2D eigenvalue weighted by atomic mass is 9.91. The number of hydrogen-bond donors (Lipinski definition) is 1. The molecular formula is C16H28N2OS. The molecular weight excluding hydrogens is 268 g/mol. The van der Waals surface area contributed by atoms with E-state index in [-0.39, 0.29) is 11.6 Å². The molecule has 114 valence electrons. The van der Waals surface area contributed by atoms with Crippen LogP contribution in [-0.2, 0) is 4.74 Å².